The SMILES string of the molecule is CCCC(=O)n1nnnc1-c1ccccc1-c1ccc(CNC2(C(=O)O)CCCN2S(=O)(=O)c2ccc(-c3ccccc3)cc2)cc1. The molecule has 1 unspecified atom stereocenters. The van der Waals surface area contributed by atoms with Gasteiger partial charge in [-0.3, -0.25) is 10.1 Å². The predicted octanol–water partition coefficient (Wildman–Crippen LogP) is 5.47. The molecule has 240 valence electrons. The van der Waals surface area contributed by atoms with E-state index in [4.69, 9.17) is 0 Å². The molecule has 2 heterocycles. The molecule has 1 aliphatic heterocycles. The summed E-state index contributed by atoms with van der Waals surface area (Å²) in [7, 11) is -4.13. The highest BCUT2D eigenvalue weighted by atomic mass is 32.2. The van der Waals surface area contributed by atoms with Crippen LogP contribution in [0.2, 0.25) is 0 Å². The van der Waals surface area contributed by atoms with Crippen LogP contribution in [0.4, 0.5) is 0 Å². The van der Waals surface area contributed by atoms with Gasteiger partial charge in [0.15, 0.2) is 11.5 Å². The van der Waals surface area contributed by atoms with E-state index in [1.54, 1.807) is 12.1 Å². The Kier molecular flexibility index (Phi) is 9.08. The molecule has 5 aromatic rings. The molecule has 0 amide bonds. The van der Waals surface area contributed by atoms with Gasteiger partial charge in [-0.05, 0) is 69.6 Å². The van der Waals surface area contributed by atoms with Gasteiger partial charge in [-0.15, -0.1) is 5.10 Å². The molecule has 11 nitrogen and oxygen atoms in total. The summed E-state index contributed by atoms with van der Waals surface area (Å²) in [6.45, 7) is 2.12. The average Bonchev–Trinajstić information content (AvgIpc) is 3.78. The largest absolute Gasteiger partial charge is 0.479 e. The van der Waals surface area contributed by atoms with E-state index in [0.717, 1.165) is 32.1 Å². The molecular weight excluding hydrogens is 616 g/mol. The number of nitrogens with one attached hydrogen (secondary N) is 1. The number of carboxylic acids is 1. The van der Waals surface area contributed by atoms with Crippen LogP contribution < -0.4 is 5.32 Å². The number of carbonyl (C=O) groups is 2. The molecule has 1 atom stereocenters. The molecule has 2 N–H and O–H groups in total. The van der Waals surface area contributed by atoms with Gasteiger partial charge in [0.25, 0.3) is 0 Å². The summed E-state index contributed by atoms with van der Waals surface area (Å²) in [6.07, 6.45) is 1.51. The first-order chi connectivity index (χ1) is 22.7. The summed E-state index contributed by atoms with van der Waals surface area (Å²) in [4.78, 5) is 25.4. The van der Waals surface area contributed by atoms with Crippen LogP contribution in [0.15, 0.2) is 108 Å². The van der Waals surface area contributed by atoms with Crippen LogP contribution in [0.5, 0.6) is 0 Å². The first-order valence-electron chi connectivity index (χ1n) is 15.4. The Morgan fingerprint density at radius 1 is 0.851 bits per heavy atom. The second-order valence-electron chi connectivity index (χ2n) is 11.4. The van der Waals surface area contributed by atoms with Crippen LogP contribution in [0.25, 0.3) is 33.6 Å². The van der Waals surface area contributed by atoms with Crippen molar-refractivity contribution in [3.63, 3.8) is 0 Å². The molecule has 1 aliphatic rings. The Morgan fingerprint density at radius 3 is 2.17 bits per heavy atom. The van der Waals surface area contributed by atoms with Gasteiger partial charge in [-0.2, -0.15) is 8.99 Å². The van der Waals surface area contributed by atoms with Crippen molar-refractivity contribution in [3.05, 3.63) is 109 Å². The summed E-state index contributed by atoms with van der Waals surface area (Å²) in [5, 5.41) is 25.2. The maximum absolute atomic E-state index is 13.8. The molecule has 4 aromatic carbocycles. The molecule has 0 aliphatic carbocycles. The number of sulfonamides is 1. The average molecular weight is 651 g/mol. The lowest BCUT2D eigenvalue weighted by molar-refractivity contribution is -0.149. The molecule has 1 fully saturated rings. The van der Waals surface area contributed by atoms with Gasteiger partial charge in [0, 0.05) is 25.1 Å². The lowest BCUT2D eigenvalue weighted by Gasteiger charge is -2.34. The van der Waals surface area contributed by atoms with E-state index >= 15 is 0 Å². The van der Waals surface area contributed by atoms with E-state index in [9.17, 15) is 23.1 Å². The van der Waals surface area contributed by atoms with E-state index in [1.807, 2.05) is 85.8 Å². The summed E-state index contributed by atoms with van der Waals surface area (Å²) in [5.41, 5.74) is 3.15. The predicted molar refractivity (Wildman–Crippen MR) is 176 cm³/mol. The number of aliphatic carboxylic acids is 1. The van der Waals surface area contributed by atoms with Crippen LogP contribution in [0.3, 0.4) is 0 Å². The molecule has 0 bridgehead atoms. The van der Waals surface area contributed by atoms with Crippen LogP contribution in [0, 0.1) is 0 Å². The second kappa shape index (κ2) is 13.4. The van der Waals surface area contributed by atoms with E-state index < -0.39 is 21.7 Å². The zero-order valence-electron chi connectivity index (χ0n) is 25.8. The Balaban J connectivity index is 1.22. The van der Waals surface area contributed by atoms with Crippen molar-refractivity contribution < 1.29 is 23.1 Å². The van der Waals surface area contributed by atoms with Gasteiger partial charge in [-0.1, -0.05) is 97.9 Å². The monoisotopic (exact) mass is 650 g/mol. The van der Waals surface area contributed by atoms with E-state index in [2.05, 4.69) is 20.8 Å². The zero-order valence-corrected chi connectivity index (χ0v) is 26.6. The molecular formula is C35H34N6O5S. The Labute approximate surface area is 272 Å². The lowest BCUT2D eigenvalue weighted by atomic mass is 9.98. The highest BCUT2D eigenvalue weighted by molar-refractivity contribution is 7.89. The number of nitrogens with zero attached hydrogens (tertiary/aromatic N) is 5. The van der Waals surface area contributed by atoms with Crippen molar-refractivity contribution in [1.82, 2.24) is 29.8 Å². The Bertz CT molecular complexity index is 2000. The third-order valence-corrected chi connectivity index (χ3v) is 10.4. The maximum atomic E-state index is 13.8. The molecule has 0 radical (unpaired) electrons. The summed E-state index contributed by atoms with van der Waals surface area (Å²) in [6, 6.07) is 31.1. The summed E-state index contributed by atoms with van der Waals surface area (Å²) in [5.74, 6) is -1.09. The number of hydrogen-bond acceptors (Lipinski definition) is 8. The fraction of sp³-hybridized carbons (Fsp3) is 0.229. The normalized spacial score (nSPS) is 16.7. The number of hydrogen-bond donors (Lipinski definition) is 2. The summed E-state index contributed by atoms with van der Waals surface area (Å²) < 4.78 is 30.0. The fourth-order valence-electron chi connectivity index (χ4n) is 5.99. The zero-order chi connectivity index (χ0) is 33.0. The molecule has 12 heteroatoms. The molecule has 0 spiro atoms. The fourth-order valence-corrected chi connectivity index (χ4v) is 7.73. The van der Waals surface area contributed by atoms with E-state index in [0.29, 0.717) is 30.7 Å². The van der Waals surface area contributed by atoms with Gasteiger partial charge in [-0.25, -0.2) is 13.2 Å². The third-order valence-electron chi connectivity index (χ3n) is 8.42. The second-order valence-corrected chi connectivity index (χ2v) is 13.3. The Morgan fingerprint density at radius 2 is 1.49 bits per heavy atom. The quantitative estimate of drug-likeness (QED) is 0.178. The van der Waals surface area contributed by atoms with Gasteiger partial charge >= 0.3 is 5.97 Å². The van der Waals surface area contributed by atoms with Crippen molar-refractivity contribution in [2.45, 2.75) is 49.7 Å². The van der Waals surface area contributed by atoms with Gasteiger partial charge in [0.1, 0.15) is 0 Å². The number of benzene rings is 4. The van der Waals surface area contributed by atoms with Gasteiger partial charge < -0.3 is 5.11 Å². The van der Waals surface area contributed by atoms with Crippen molar-refractivity contribution in [1.29, 1.82) is 0 Å². The highest BCUT2D eigenvalue weighted by Gasteiger charge is 2.53. The van der Waals surface area contributed by atoms with Crippen LogP contribution in [-0.2, 0) is 21.4 Å². The number of carboxylic acid groups (broad SMARTS) is 1. The van der Waals surface area contributed by atoms with Crippen molar-refractivity contribution in [2.24, 2.45) is 0 Å². The lowest BCUT2D eigenvalue weighted by Crippen LogP contribution is -2.62. The van der Waals surface area contributed by atoms with Gasteiger partial charge in [0.2, 0.25) is 15.9 Å². The molecule has 47 heavy (non-hydrogen) atoms. The summed E-state index contributed by atoms with van der Waals surface area (Å²) >= 11 is 0. The minimum absolute atomic E-state index is 0.0388. The van der Waals surface area contributed by atoms with Gasteiger partial charge in [0.05, 0.1) is 4.90 Å². The number of rotatable bonds is 11. The van der Waals surface area contributed by atoms with Crippen molar-refractivity contribution in [2.75, 3.05) is 6.54 Å². The van der Waals surface area contributed by atoms with Crippen molar-refractivity contribution >= 4 is 21.9 Å². The number of aromatic nitrogens is 4. The van der Waals surface area contributed by atoms with Crippen LogP contribution in [0.1, 0.15) is 43.0 Å². The standard InChI is InChI=1S/C35H34N6O5S/c1-2-9-32(42)41-33(37-38-39-41)31-13-7-6-12-30(31)28-16-14-25(15-17-28)24-36-35(34(43)44)22-8-23-40(35)47(45,46)29-20-18-27(19-21-29)26-10-4-3-5-11-26/h3-7,10-21,36H,2,8-9,22-24H2,1H3,(H,43,44). The molecule has 1 saturated heterocycles. The van der Waals surface area contributed by atoms with Crippen LogP contribution >= 0.6 is 0 Å². The number of carbonyl (C=O) groups excluding carboxylic acids is 1. The van der Waals surface area contributed by atoms with Crippen molar-refractivity contribution in [3.8, 4) is 33.6 Å². The highest BCUT2D eigenvalue weighted by Crippen LogP contribution is 2.35. The first kappa shape index (κ1) is 31.9. The first-order valence-corrected chi connectivity index (χ1v) is 16.9. The minimum Gasteiger partial charge on any atom is -0.479 e. The Hall–Kier alpha value is -5.04. The minimum atomic E-state index is -4.13. The molecule has 1 aromatic heterocycles. The van der Waals surface area contributed by atoms with Crippen LogP contribution in [-0.4, -0.2) is 62.1 Å². The van der Waals surface area contributed by atoms with E-state index in [-0.39, 0.29) is 30.3 Å². The number of tetrazole rings is 1. The molecule has 0 saturated carbocycles. The topological polar surface area (TPSA) is 147 Å². The maximum Gasteiger partial charge on any atom is 0.340 e. The molecule has 6 rings (SSSR count). The third kappa shape index (κ3) is 6.22. The van der Waals surface area contributed by atoms with E-state index in [1.165, 1.54) is 16.8 Å². The smallest absolute Gasteiger partial charge is 0.340 e.